The van der Waals surface area contributed by atoms with Crippen LogP contribution in [-0.2, 0) is 0 Å². The highest BCUT2D eigenvalue weighted by atomic mass is 16.3. The third-order valence-corrected chi connectivity index (χ3v) is 1.98. The third-order valence-electron chi connectivity index (χ3n) is 1.98. The van der Waals surface area contributed by atoms with E-state index in [0.29, 0.717) is 18.1 Å². The molecule has 0 bridgehead atoms. The summed E-state index contributed by atoms with van der Waals surface area (Å²) >= 11 is 0. The molecule has 0 aliphatic carbocycles. The Balaban J connectivity index is 2.27. The van der Waals surface area contributed by atoms with E-state index in [0.717, 1.165) is 12.8 Å². The lowest BCUT2D eigenvalue weighted by Gasteiger charge is -2.01. The van der Waals surface area contributed by atoms with Gasteiger partial charge in [0, 0.05) is 6.42 Å². The van der Waals surface area contributed by atoms with Crippen molar-refractivity contribution in [2.24, 2.45) is 5.92 Å². The Kier molecular flexibility index (Phi) is 3.74. The van der Waals surface area contributed by atoms with Crippen LogP contribution in [0.25, 0.3) is 0 Å². The average molecular weight is 180 g/mol. The Labute approximate surface area is 78.9 Å². The van der Waals surface area contributed by atoms with Crippen LogP contribution in [0.5, 0.6) is 0 Å². The summed E-state index contributed by atoms with van der Waals surface area (Å²) < 4.78 is 5.00. The summed E-state index contributed by atoms with van der Waals surface area (Å²) in [4.78, 5) is 11.4. The number of Topliss-reactive ketones (excluding diaryl/α,β-unsaturated/α-hetero) is 1. The van der Waals surface area contributed by atoms with Gasteiger partial charge in [-0.2, -0.15) is 0 Å². The predicted molar refractivity (Wildman–Crippen MR) is 51.7 cm³/mol. The van der Waals surface area contributed by atoms with Gasteiger partial charge in [-0.1, -0.05) is 20.3 Å². The monoisotopic (exact) mass is 180 g/mol. The number of hydrogen-bond acceptors (Lipinski definition) is 2. The fourth-order valence-corrected chi connectivity index (χ4v) is 1.23. The Hall–Kier alpha value is -1.05. The average Bonchev–Trinajstić information content (AvgIpc) is 2.55. The molecule has 0 saturated carbocycles. The minimum atomic E-state index is 0.116. The quantitative estimate of drug-likeness (QED) is 0.651. The highest BCUT2D eigenvalue weighted by molar-refractivity contribution is 5.93. The summed E-state index contributed by atoms with van der Waals surface area (Å²) in [6.45, 7) is 4.33. The van der Waals surface area contributed by atoms with Crippen LogP contribution >= 0.6 is 0 Å². The van der Waals surface area contributed by atoms with Crippen LogP contribution in [0, 0.1) is 5.92 Å². The Morgan fingerprint density at radius 3 is 2.85 bits per heavy atom. The standard InChI is InChI=1S/C11H16O2/c1-9(2)5-3-6-10(12)11-7-4-8-13-11/h4,7-9H,3,5-6H2,1-2H3. The molecule has 1 aromatic rings. The van der Waals surface area contributed by atoms with Crippen LogP contribution in [0.15, 0.2) is 22.8 Å². The summed E-state index contributed by atoms with van der Waals surface area (Å²) in [5.41, 5.74) is 0. The van der Waals surface area contributed by atoms with E-state index in [1.807, 2.05) is 0 Å². The molecule has 2 nitrogen and oxygen atoms in total. The van der Waals surface area contributed by atoms with Crippen LogP contribution in [-0.4, -0.2) is 5.78 Å². The molecule has 0 fully saturated rings. The smallest absolute Gasteiger partial charge is 0.197 e. The van der Waals surface area contributed by atoms with E-state index in [1.165, 1.54) is 6.26 Å². The first-order valence-electron chi connectivity index (χ1n) is 4.77. The topological polar surface area (TPSA) is 30.2 Å². The maximum atomic E-state index is 11.4. The number of carbonyl (C=O) groups is 1. The fourth-order valence-electron chi connectivity index (χ4n) is 1.23. The SMILES string of the molecule is CC(C)CCCC(=O)c1ccco1. The largest absolute Gasteiger partial charge is 0.461 e. The van der Waals surface area contributed by atoms with E-state index < -0.39 is 0 Å². The molecule has 0 aliphatic rings. The lowest BCUT2D eigenvalue weighted by Crippen LogP contribution is -1.98. The van der Waals surface area contributed by atoms with Gasteiger partial charge in [-0.3, -0.25) is 4.79 Å². The van der Waals surface area contributed by atoms with Crippen molar-refractivity contribution < 1.29 is 9.21 Å². The maximum Gasteiger partial charge on any atom is 0.197 e. The first-order valence-corrected chi connectivity index (χ1v) is 4.77. The van der Waals surface area contributed by atoms with Crippen molar-refractivity contribution in [3.05, 3.63) is 24.2 Å². The summed E-state index contributed by atoms with van der Waals surface area (Å²) in [5, 5.41) is 0. The molecule has 0 amide bonds. The minimum Gasteiger partial charge on any atom is -0.461 e. The molecule has 0 aliphatic heterocycles. The van der Waals surface area contributed by atoms with Crippen molar-refractivity contribution >= 4 is 5.78 Å². The molecule has 0 spiro atoms. The summed E-state index contributed by atoms with van der Waals surface area (Å²) in [6.07, 6.45) is 4.20. The van der Waals surface area contributed by atoms with Crippen molar-refractivity contribution in [2.75, 3.05) is 0 Å². The zero-order valence-corrected chi connectivity index (χ0v) is 8.25. The van der Waals surface area contributed by atoms with Crippen LogP contribution in [0.2, 0.25) is 0 Å². The molecular formula is C11H16O2. The van der Waals surface area contributed by atoms with E-state index in [1.54, 1.807) is 12.1 Å². The molecule has 0 atom stereocenters. The molecule has 1 heterocycles. The van der Waals surface area contributed by atoms with Crippen LogP contribution in [0.3, 0.4) is 0 Å². The molecule has 0 N–H and O–H groups in total. The molecule has 2 heteroatoms. The van der Waals surface area contributed by atoms with Crippen LogP contribution in [0.4, 0.5) is 0 Å². The third kappa shape index (κ3) is 3.45. The first kappa shape index (κ1) is 10.0. The molecule has 0 unspecified atom stereocenters. The molecular weight excluding hydrogens is 164 g/mol. The second kappa shape index (κ2) is 4.85. The van der Waals surface area contributed by atoms with Gasteiger partial charge in [-0.15, -0.1) is 0 Å². The normalized spacial score (nSPS) is 10.7. The number of ketones is 1. The molecule has 13 heavy (non-hydrogen) atoms. The summed E-state index contributed by atoms with van der Waals surface area (Å²) in [7, 11) is 0. The van der Waals surface area contributed by atoms with Gasteiger partial charge in [0.05, 0.1) is 6.26 Å². The van der Waals surface area contributed by atoms with Gasteiger partial charge in [0.25, 0.3) is 0 Å². The molecule has 1 aromatic heterocycles. The molecule has 0 aromatic carbocycles. The van der Waals surface area contributed by atoms with Crippen molar-refractivity contribution in [1.82, 2.24) is 0 Å². The van der Waals surface area contributed by atoms with Gasteiger partial charge in [0.1, 0.15) is 0 Å². The lowest BCUT2D eigenvalue weighted by molar-refractivity contribution is 0.0951. The number of rotatable bonds is 5. The minimum absolute atomic E-state index is 0.116. The molecule has 1 rings (SSSR count). The van der Waals surface area contributed by atoms with Gasteiger partial charge < -0.3 is 4.42 Å². The van der Waals surface area contributed by atoms with E-state index in [2.05, 4.69) is 13.8 Å². The van der Waals surface area contributed by atoms with Crippen LogP contribution in [0.1, 0.15) is 43.7 Å². The van der Waals surface area contributed by atoms with Gasteiger partial charge >= 0.3 is 0 Å². The van der Waals surface area contributed by atoms with E-state index in [9.17, 15) is 4.79 Å². The van der Waals surface area contributed by atoms with E-state index >= 15 is 0 Å². The van der Waals surface area contributed by atoms with Crippen molar-refractivity contribution in [1.29, 1.82) is 0 Å². The highest BCUT2D eigenvalue weighted by Crippen LogP contribution is 2.10. The second-order valence-corrected chi connectivity index (χ2v) is 3.69. The summed E-state index contributed by atoms with van der Waals surface area (Å²) in [5.74, 6) is 1.28. The lowest BCUT2D eigenvalue weighted by atomic mass is 10.0. The Morgan fingerprint density at radius 2 is 2.31 bits per heavy atom. The Morgan fingerprint density at radius 1 is 1.54 bits per heavy atom. The van der Waals surface area contributed by atoms with Gasteiger partial charge in [-0.25, -0.2) is 0 Å². The highest BCUT2D eigenvalue weighted by Gasteiger charge is 2.07. The van der Waals surface area contributed by atoms with Crippen LogP contribution < -0.4 is 0 Å². The zero-order valence-electron chi connectivity index (χ0n) is 8.25. The zero-order chi connectivity index (χ0) is 9.68. The van der Waals surface area contributed by atoms with Crippen molar-refractivity contribution in [3.63, 3.8) is 0 Å². The van der Waals surface area contributed by atoms with Crippen molar-refractivity contribution in [3.8, 4) is 0 Å². The maximum absolute atomic E-state index is 11.4. The van der Waals surface area contributed by atoms with Gasteiger partial charge in [0.2, 0.25) is 0 Å². The molecule has 72 valence electrons. The second-order valence-electron chi connectivity index (χ2n) is 3.69. The number of hydrogen-bond donors (Lipinski definition) is 0. The fraction of sp³-hybridized carbons (Fsp3) is 0.545. The van der Waals surface area contributed by atoms with Crippen molar-refractivity contribution in [2.45, 2.75) is 33.1 Å². The molecule has 0 saturated heterocycles. The van der Waals surface area contributed by atoms with Gasteiger partial charge in [-0.05, 0) is 24.5 Å². The predicted octanol–water partition coefficient (Wildman–Crippen LogP) is 3.29. The number of carbonyl (C=O) groups excluding carboxylic acids is 1. The van der Waals surface area contributed by atoms with E-state index in [-0.39, 0.29) is 5.78 Å². The first-order chi connectivity index (χ1) is 6.20. The Bertz CT molecular complexity index is 247. The number of furan rings is 1. The van der Waals surface area contributed by atoms with Gasteiger partial charge in [0.15, 0.2) is 11.5 Å². The van der Waals surface area contributed by atoms with E-state index in [4.69, 9.17) is 4.42 Å². The summed E-state index contributed by atoms with van der Waals surface area (Å²) in [6, 6.07) is 3.47. The molecule has 0 radical (unpaired) electrons.